The molecule has 4 heteroatoms. The highest BCUT2D eigenvalue weighted by Gasteiger charge is 2.21. The summed E-state index contributed by atoms with van der Waals surface area (Å²) in [5.74, 6) is 0.615. The van der Waals surface area contributed by atoms with E-state index in [1.165, 1.54) is 13.5 Å². The summed E-state index contributed by atoms with van der Waals surface area (Å²) in [5.41, 5.74) is 0. The van der Waals surface area contributed by atoms with Gasteiger partial charge >= 0.3 is 0 Å². The van der Waals surface area contributed by atoms with Crippen LogP contribution in [0.25, 0.3) is 0 Å². The molecule has 0 aromatic rings. The summed E-state index contributed by atoms with van der Waals surface area (Å²) < 4.78 is 9.06. The predicted octanol–water partition coefficient (Wildman–Crippen LogP) is 3.03. The summed E-state index contributed by atoms with van der Waals surface area (Å²) in [6, 6.07) is 0. The Bertz CT molecular complexity index is 95.4. The molecule has 0 spiro atoms. The molecular weight excluding hydrogens is 212 g/mol. The van der Waals surface area contributed by atoms with Gasteiger partial charge in [-0.05, 0) is 32.2 Å². The van der Waals surface area contributed by atoms with Crippen LogP contribution in [0.4, 0.5) is 0 Å². The van der Waals surface area contributed by atoms with Crippen LogP contribution in [0.5, 0.6) is 0 Å². The van der Waals surface area contributed by atoms with Gasteiger partial charge in [0.2, 0.25) is 0 Å². The van der Waals surface area contributed by atoms with Crippen molar-refractivity contribution in [3.8, 4) is 0 Å². The summed E-state index contributed by atoms with van der Waals surface area (Å²) in [7, 11) is 1.49. The summed E-state index contributed by atoms with van der Waals surface area (Å²) >= 11 is 3.29. The molecule has 1 rings (SSSR count). The molecule has 0 aliphatic carbocycles. The van der Waals surface area contributed by atoms with Gasteiger partial charge in [-0.1, -0.05) is 27.2 Å². The lowest BCUT2D eigenvalue weighted by atomic mass is 9.98. The smallest absolute Gasteiger partial charge is 0.155 e. The standard InChI is InChI=1S/C7H14O2.C3H8.CH4OS/c1-5-3-6(2)9-7(8)4-5;1-3-2;1-2-3/h5-8H,3-4H2,1-2H3;3H2,1-2H3;3H,1H3. The molecule has 1 aliphatic rings. The zero-order valence-corrected chi connectivity index (χ0v) is 11.5. The first-order valence-electron chi connectivity index (χ1n) is 5.52. The molecule has 94 valence electrons. The van der Waals surface area contributed by atoms with Crippen LogP contribution in [0.1, 0.15) is 47.0 Å². The van der Waals surface area contributed by atoms with Gasteiger partial charge in [0.05, 0.1) is 6.10 Å². The fourth-order valence-corrected chi connectivity index (χ4v) is 1.39. The first-order valence-corrected chi connectivity index (χ1v) is 5.89. The second-order valence-corrected chi connectivity index (χ2v) is 4.23. The van der Waals surface area contributed by atoms with Gasteiger partial charge in [-0.3, -0.25) is 0 Å². The van der Waals surface area contributed by atoms with Crippen molar-refractivity contribution in [2.45, 2.75) is 59.4 Å². The third-order valence-electron chi connectivity index (χ3n) is 1.73. The Kier molecular flexibility index (Phi) is 14.4. The Balaban J connectivity index is 0. The van der Waals surface area contributed by atoms with E-state index in [2.05, 4.69) is 37.9 Å². The van der Waals surface area contributed by atoms with Gasteiger partial charge in [-0.2, -0.15) is 0 Å². The fourth-order valence-electron chi connectivity index (χ4n) is 1.39. The van der Waals surface area contributed by atoms with Gasteiger partial charge < -0.3 is 14.0 Å². The predicted molar refractivity (Wildman–Crippen MR) is 66.9 cm³/mol. The van der Waals surface area contributed by atoms with Crippen molar-refractivity contribution < 1.29 is 14.0 Å². The molecular formula is C11H26O3S. The summed E-state index contributed by atoms with van der Waals surface area (Å²) in [6.07, 6.45) is 2.86. The molecule has 1 saturated heterocycles. The summed E-state index contributed by atoms with van der Waals surface area (Å²) in [5, 5.41) is 9.03. The van der Waals surface area contributed by atoms with E-state index < -0.39 is 6.29 Å². The second kappa shape index (κ2) is 12.3. The maximum absolute atomic E-state index is 9.03. The molecule has 0 amide bonds. The maximum atomic E-state index is 9.03. The molecule has 1 aliphatic heterocycles. The first kappa shape index (κ1) is 17.6. The Morgan fingerprint density at radius 2 is 1.73 bits per heavy atom. The topological polar surface area (TPSA) is 38.7 Å². The molecule has 1 N–H and O–H groups in total. The van der Waals surface area contributed by atoms with Crippen LogP contribution >= 0.6 is 12.9 Å². The summed E-state index contributed by atoms with van der Waals surface area (Å²) in [6.45, 7) is 8.39. The number of ether oxygens (including phenoxy) is 1. The number of aliphatic hydroxyl groups excluding tert-OH is 1. The number of rotatable bonds is 0. The van der Waals surface area contributed by atoms with Crippen LogP contribution in [0.2, 0.25) is 0 Å². The highest BCUT2D eigenvalue weighted by atomic mass is 32.1. The van der Waals surface area contributed by atoms with E-state index in [4.69, 9.17) is 9.84 Å². The Labute approximate surface area is 99.8 Å². The van der Waals surface area contributed by atoms with Crippen LogP contribution in [-0.4, -0.2) is 24.6 Å². The SMILES string of the molecule is CC1CC(C)OC(O)C1.CCC.COS. The van der Waals surface area contributed by atoms with Crippen LogP contribution in [0.3, 0.4) is 0 Å². The molecule has 0 saturated carbocycles. The van der Waals surface area contributed by atoms with Crippen molar-refractivity contribution in [2.24, 2.45) is 5.92 Å². The van der Waals surface area contributed by atoms with Crippen molar-refractivity contribution in [1.29, 1.82) is 0 Å². The zero-order valence-electron chi connectivity index (χ0n) is 10.6. The van der Waals surface area contributed by atoms with E-state index in [0.717, 1.165) is 12.8 Å². The normalized spacial score (nSPS) is 29.4. The average Bonchev–Trinajstić information content (AvgIpc) is 2.03. The van der Waals surface area contributed by atoms with E-state index in [1.54, 1.807) is 0 Å². The van der Waals surface area contributed by atoms with Gasteiger partial charge in [-0.25, -0.2) is 0 Å². The van der Waals surface area contributed by atoms with Crippen LogP contribution < -0.4 is 0 Å². The minimum Gasteiger partial charge on any atom is -0.368 e. The Morgan fingerprint density at radius 1 is 1.33 bits per heavy atom. The van der Waals surface area contributed by atoms with Gasteiger partial charge in [-0.15, -0.1) is 0 Å². The molecule has 3 nitrogen and oxygen atoms in total. The van der Waals surface area contributed by atoms with Crippen molar-refractivity contribution in [3.05, 3.63) is 0 Å². The van der Waals surface area contributed by atoms with Crippen LogP contribution in [0, 0.1) is 5.92 Å². The summed E-state index contributed by atoms with van der Waals surface area (Å²) in [4.78, 5) is 0. The quantitative estimate of drug-likeness (QED) is 0.503. The molecule has 3 unspecified atom stereocenters. The monoisotopic (exact) mass is 238 g/mol. The molecule has 3 atom stereocenters. The molecule has 0 aromatic carbocycles. The van der Waals surface area contributed by atoms with E-state index in [0.29, 0.717) is 5.92 Å². The van der Waals surface area contributed by atoms with Gasteiger partial charge in [0.15, 0.2) is 6.29 Å². The van der Waals surface area contributed by atoms with Crippen molar-refractivity contribution in [1.82, 2.24) is 0 Å². The highest BCUT2D eigenvalue weighted by Crippen LogP contribution is 2.22. The Morgan fingerprint density at radius 3 is 2.00 bits per heavy atom. The Hall–Kier alpha value is 0.230. The maximum Gasteiger partial charge on any atom is 0.155 e. The highest BCUT2D eigenvalue weighted by molar-refractivity contribution is 7.75. The largest absolute Gasteiger partial charge is 0.368 e. The van der Waals surface area contributed by atoms with Gasteiger partial charge in [0.25, 0.3) is 0 Å². The number of aliphatic hydroxyl groups is 1. The first-order chi connectivity index (χ1) is 7.01. The lowest BCUT2D eigenvalue weighted by molar-refractivity contribution is -0.169. The van der Waals surface area contributed by atoms with E-state index in [-0.39, 0.29) is 6.10 Å². The van der Waals surface area contributed by atoms with Gasteiger partial charge in [0, 0.05) is 13.5 Å². The van der Waals surface area contributed by atoms with Crippen molar-refractivity contribution >= 4 is 12.9 Å². The second-order valence-electron chi connectivity index (χ2n) is 3.87. The molecule has 0 radical (unpaired) electrons. The van der Waals surface area contributed by atoms with E-state index in [1.807, 2.05) is 6.92 Å². The average molecular weight is 238 g/mol. The van der Waals surface area contributed by atoms with E-state index >= 15 is 0 Å². The third kappa shape index (κ3) is 14.2. The number of hydrogen-bond acceptors (Lipinski definition) is 4. The molecule has 1 heterocycles. The zero-order chi connectivity index (χ0) is 12.3. The minimum absolute atomic E-state index is 0.240. The number of thiol groups is 1. The number of hydrogen-bond donors (Lipinski definition) is 2. The van der Waals surface area contributed by atoms with Gasteiger partial charge in [0.1, 0.15) is 0 Å². The lowest BCUT2D eigenvalue weighted by Crippen LogP contribution is -2.29. The molecule has 0 bridgehead atoms. The van der Waals surface area contributed by atoms with Crippen LogP contribution in [-0.2, 0) is 8.92 Å². The van der Waals surface area contributed by atoms with Crippen molar-refractivity contribution in [3.63, 3.8) is 0 Å². The molecule has 0 aromatic heterocycles. The molecule has 15 heavy (non-hydrogen) atoms. The molecule has 1 fully saturated rings. The van der Waals surface area contributed by atoms with E-state index in [9.17, 15) is 0 Å². The fraction of sp³-hybridized carbons (Fsp3) is 1.00. The van der Waals surface area contributed by atoms with Crippen LogP contribution in [0.15, 0.2) is 0 Å². The third-order valence-corrected chi connectivity index (χ3v) is 1.73. The van der Waals surface area contributed by atoms with Crippen molar-refractivity contribution in [2.75, 3.05) is 7.11 Å². The lowest BCUT2D eigenvalue weighted by Gasteiger charge is -2.28. The minimum atomic E-state index is -0.510.